The summed E-state index contributed by atoms with van der Waals surface area (Å²) in [7, 11) is 1.84. The fourth-order valence-corrected chi connectivity index (χ4v) is 3.09. The van der Waals surface area contributed by atoms with E-state index in [1.165, 1.54) is 32.1 Å². The fourth-order valence-electron chi connectivity index (χ4n) is 3.09. The minimum absolute atomic E-state index is 0.0224. The minimum atomic E-state index is -0.0224. The largest absolute Gasteiger partial charge is 0.377 e. The van der Waals surface area contributed by atoms with Crippen LogP contribution in [0.3, 0.4) is 0 Å². The highest BCUT2D eigenvalue weighted by Gasteiger charge is 2.39. The van der Waals surface area contributed by atoms with Crippen LogP contribution in [-0.2, 0) is 4.74 Å². The van der Waals surface area contributed by atoms with Crippen molar-refractivity contribution in [3.05, 3.63) is 0 Å². The molecule has 2 heteroatoms. The summed E-state index contributed by atoms with van der Waals surface area (Å²) in [5.74, 6) is 0.769. The van der Waals surface area contributed by atoms with Gasteiger partial charge in [-0.3, -0.25) is 0 Å². The standard InChI is InChI=1S/C14H29NO/c1-4-5-6-9-13(15)14(16-3)10-7-8-12(2)11-14/h12-13H,4-11,15H2,1-3H3. The van der Waals surface area contributed by atoms with Crippen LogP contribution in [0.5, 0.6) is 0 Å². The van der Waals surface area contributed by atoms with Gasteiger partial charge in [-0.25, -0.2) is 0 Å². The second-order valence-corrected chi connectivity index (χ2v) is 5.57. The first-order valence-corrected chi connectivity index (χ1v) is 6.95. The lowest BCUT2D eigenvalue weighted by atomic mass is 9.73. The van der Waals surface area contributed by atoms with Crippen LogP contribution in [0, 0.1) is 5.92 Å². The van der Waals surface area contributed by atoms with Gasteiger partial charge in [0.25, 0.3) is 0 Å². The zero-order valence-electron chi connectivity index (χ0n) is 11.3. The molecular formula is C14H29NO. The zero-order chi connectivity index (χ0) is 12.0. The van der Waals surface area contributed by atoms with Crippen LogP contribution in [0.1, 0.15) is 65.2 Å². The van der Waals surface area contributed by atoms with Gasteiger partial charge in [-0.1, -0.05) is 46.0 Å². The second kappa shape index (κ2) is 6.61. The lowest BCUT2D eigenvalue weighted by Crippen LogP contribution is -2.52. The fraction of sp³-hybridized carbons (Fsp3) is 1.00. The molecule has 0 amide bonds. The maximum absolute atomic E-state index is 6.37. The van der Waals surface area contributed by atoms with Crippen LogP contribution in [0.2, 0.25) is 0 Å². The molecule has 0 aromatic heterocycles. The molecule has 0 aliphatic heterocycles. The minimum Gasteiger partial charge on any atom is -0.377 e. The summed E-state index contributed by atoms with van der Waals surface area (Å²) in [6.45, 7) is 4.56. The maximum Gasteiger partial charge on any atom is 0.0831 e. The van der Waals surface area contributed by atoms with E-state index in [0.29, 0.717) is 0 Å². The topological polar surface area (TPSA) is 35.2 Å². The Labute approximate surface area is 101 Å². The van der Waals surface area contributed by atoms with Gasteiger partial charge in [0.05, 0.1) is 5.60 Å². The molecule has 0 saturated heterocycles. The summed E-state index contributed by atoms with van der Waals surface area (Å²) >= 11 is 0. The highest BCUT2D eigenvalue weighted by molar-refractivity contribution is 4.95. The molecule has 0 bridgehead atoms. The monoisotopic (exact) mass is 227 g/mol. The maximum atomic E-state index is 6.37. The van der Waals surface area contributed by atoms with Crippen LogP contribution in [0.15, 0.2) is 0 Å². The summed E-state index contributed by atoms with van der Waals surface area (Å²) in [4.78, 5) is 0. The van der Waals surface area contributed by atoms with Crippen molar-refractivity contribution in [2.24, 2.45) is 11.7 Å². The first kappa shape index (κ1) is 14.0. The SMILES string of the molecule is CCCCCC(N)C1(OC)CCCC(C)C1. The lowest BCUT2D eigenvalue weighted by molar-refractivity contribution is -0.0726. The van der Waals surface area contributed by atoms with Crippen LogP contribution in [0.25, 0.3) is 0 Å². The Bertz CT molecular complexity index is 195. The van der Waals surface area contributed by atoms with E-state index >= 15 is 0 Å². The van der Waals surface area contributed by atoms with Crippen LogP contribution in [-0.4, -0.2) is 18.8 Å². The van der Waals surface area contributed by atoms with Crippen molar-refractivity contribution >= 4 is 0 Å². The molecular weight excluding hydrogens is 198 g/mol. The van der Waals surface area contributed by atoms with Gasteiger partial charge >= 0.3 is 0 Å². The molecule has 2 N–H and O–H groups in total. The third kappa shape index (κ3) is 3.46. The van der Waals surface area contributed by atoms with E-state index < -0.39 is 0 Å². The smallest absolute Gasteiger partial charge is 0.0831 e. The number of ether oxygens (including phenoxy) is 1. The van der Waals surface area contributed by atoms with Crippen LogP contribution < -0.4 is 5.73 Å². The Morgan fingerprint density at radius 1 is 1.44 bits per heavy atom. The predicted octanol–water partition coefficient (Wildman–Crippen LogP) is 3.49. The van der Waals surface area contributed by atoms with Gasteiger partial charge in [0.15, 0.2) is 0 Å². The Morgan fingerprint density at radius 2 is 2.19 bits per heavy atom. The molecule has 0 aromatic carbocycles. The third-order valence-electron chi connectivity index (χ3n) is 4.19. The zero-order valence-corrected chi connectivity index (χ0v) is 11.3. The van der Waals surface area contributed by atoms with Gasteiger partial charge in [0, 0.05) is 13.2 Å². The molecule has 2 nitrogen and oxygen atoms in total. The number of rotatable bonds is 6. The average molecular weight is 227 g/mol. The first-order valence-electron chi connectivity index (χ1n) is 6.95. The summed E-state index contributed by atoms with van der Waals surface area (Å²) in [5.41, 5.74) is 6.35. The molecule has 3 unspecified atom stereocenters. The van der Waals surface area contributed by atoms with E-state index in [-0.39, 0.29) is 11.6 Å². The van der Waals surface area contributed by atoms with E-state index in [2.05, 4.69) is 13.8 Å². The summed E-state index contributed by atoms with van der Waals surface area (Å²) in [5, 5.41) is 0. The van der Waals surface area contributed by atoms with Crippen LogP contribution >= 0.6 is 0 Å². The normalized spacial score (nSPS) is 32.6. The van der Waals surface area contributed by atoms with Crippen LogP contribution in [0.4, 0.5) is 0 Å². The highest BCUT2D eigenvalue weighted by atomic mass is 16.5. The number of methoxy groups -OCH3 is 1. The Balaban J connectivity index is 2.49. The molecule has 96 valence electrons. The molecule has 1 aliphatic rings. The molecule has 0 radical (unpaired) electrons. The van der Waals surface area contributed by atoms with E-state index in [9.17, 15) is 0 Å². The van der Waals surface area contributed by atoms with Crippen molar-refractivity contribution in [3.63, 3.8) is 0 Å². The van der Waals surface area contributed by atoms with Crippen molar-refractivity contribution in [2.75, 3.05) is 7.11 Å². The molecule has 3 atom stereocenters. The van der Waals surface area contributed by atoms with E-state index in [0.717, 1.165) is 25.2 Å². The Kier molecular flexibility index (Phi) is 5.77. The molecule has 1 saturated carbocycles. The molecule has 16 heavy (non-hydrogen) atoms. The predicted molar refractivity (Wildman–Crippen MR) is 69.5 cm³/mol. The van der Waals surface area contributed by atoms with Crippen molar-refractivity contribution < 1.29 is 4.74 Å². The summed E-state index contributed by atoms with van der Waals surface area (Å²) in [6, 6.07) is 0.229. The van der Waals surface area contributed by atoms with E-state index in [4.69, 9.17) is 10.5 Å². The van der Waals surface area contributed by atoms with Crippen molar-refractivity contribution in [1.82, 2.24) is 0 Å². The molecule has 1 fully saturated rings. The van der Waals surface area contributed by atoms with Crippen molar-refractivity contribution in [1.29, 1.82) is 0 Å². The third-order valence-corrected chi connectivity index (χ3v) is 4.19. The first-order chi connectivity index (χ1) is 7.64. The van der Waals surface area contributed by atoms with Gasteiger partial charge in [0.1, 0.15) is 0 Å². The second-order valence-electron chi connectivity index (χ2n) is 5.57. The quantitative estimate of drug-likeness (QED) is 0.705. The number of hydrogen-bond donors (Lipinski definition) is 1. The van der Waals surface area contributed by atoms with Gasteiger partial charge < -0.3 is 10.5 Å². The van der Waals surface area contributed by atoms with E-state index in [1.807, 2.05) is 7.11 Å². The summed E-state index contributed by atoms with van der Waals surface area (Å²) < 4.78 is 5.82. The van der Waals surface area contributed by atoms with Gasteiger partial charge in [-0.15, -0.1) is 0 Å². The van der Waals surface area contributed by atoms with E-state index in [1.54, 1.807) is 0 Å². The summed E-state index contributed by atoms with van der Waals surface area (Å²) in [6.07, 6.45) is 9.85. The Hall–Kier alpha value is -0.0800. The molecule has 1 aliphatic carbocycles. The van der Waals surface area contributed by atoms with Crippen molar-refractivity contribution in [2.45, 2.75) is 76.9 Å². The molecule has 0 aromatic rings. The number of unbranched alkanes of at least 4 members (excludes halogenated alkanes) is 2. The van der Waals surface area contributed by atoms with Gasteiger partial charge in [0.2, 0.25) is 0 Å². The van der Waals surface area contributed by atoms with Crippen molar-refractivity contribution in [3.8, 4) is 0 Å². The molecule has 0 heterocycles. The highest BCUT2D eigenvalue weighted by Crippen LogP contribution is 2.37. The number of nitrogens with two attached hydrogens (primary N) is 1. The molecule has 1 rings (SSSR count). The van der Waals surface area contributed by atoms with Gasteiger partial charge in [-0.05, 0) is 25.2 Å². The number of hydrogen-bond acceptors (Lipinski definition) is 2. The Morgan fingerprint density at radius 3 is 2.75 bits per heavy atom. The lowest BCUT2D eigenvalue weighted by Gasteiger charge is -2.43. The molecule has 0 spiro atoms. The average Bonchev–Trinajstić information content (AvgIpc) is 2.29. The van der Waals surface area contributed by atoms with Gasteiger partial charge in [-0.2, -0.15) is 0 Å².